The number of carboxylic acids is 1. The molecular weight excluding hydrogens is 1190 g/mol. The molecule has 2 aliphatic rings. The van der Waals surface area contributed by atoms with E-state index in [9.17, 15) is 22.6 Å². The number of hydrogen-bond donors (Lipinski definition) is 4. The Hall–Kier alpha value is -4.27. The van der Waals surface area contributed by atoms with Crippen LogP contribution >= 0.6 is 12.0 Å². The van der Waals surface area contributed by atoms with Gasteiger partial charge in [-0.1, -0.05) is 43.5 Å². The maximum Gasteiger partial charge on any atom is 0.303 e. The first kappa shape index (κ1) is 76.2. The molecule has 4 N–H and O–H groups in total. The second-order valence-electron chi connectivity index (χ2n) is 21.4. The average molecular weight is 1290 g/mol. The normalized spacial score (nSPS) is 15.0. The second kappa shape index (κ2) is 45.1. The zero-order valence-electron chi connectivity index (χ0n) is 52.3. The molecule has 0 bridgehead atoms. The maximum atomic E-state index is 12.7. The third-order valence-electron chi connectivity index (χ3n) is 14.2. The molecule has 4 rings (SSSR count). The van der Waals surface area contributed by atoms with Crippen LogP contribution in [0.15, 0.2) is 82.3 Å². The summed E-state index contributed by atoms with van der Waals surface area (Å²) in [6.07, 6.45) is 14.9. The third-order valence-corrected chi connectivity index (χ3v) is 15.6. The highest BCUT2D eigenvalue weighted by molar-refractivity contribution is 7.94. The van der Waals surface area contributed by atoms with E-state index >= 15 is 0 Å². The highest BCUT2D eigenvalue weighted by atomic mass is 32.2. The Labute approximate surface area is 524 Å². The number of hydrogen-bond acceptors (Lipinski definition) is 21. The number of fused-ring (bicyclic) bond motifs is 2. The highest BCUT2D eigenvalue weighted by Gasteiger charge is 2.44. The molecule has 498 valence electrons. The van der Waals surface area contributed by atoms with Gasteiger partial charge in [-0.3, -0.25) is 14.1 Å². The number of ether oxygens (including phenoxy) is 12. The summed E-state index contributed by atoms with van der Waals surface area (Å²) < 4.78 is 107. The van der Waals surface area contributed by atoms with Crippen LogP contribution in [0, 0.1) is 0 Å². The zero-order chi connectivity index (χ0) is 63.6. The van der Waals surface area contributed by atoms with E-state index in [4.69, 9.17) is 71.5 Å². The number of allylic oxidation sites excluding steroid dienone is 6. The van der Waals surface area contributed by atoms with Crippen LogP contribution in [0.3, 0.4) is 0 Å². The molecule has 0 saturated carbocycles. The number of carbonyl (C=O) groups excluding carboxylic acids is 1. The van der Waals surface area contributed by atoms with Crippen molar-refractivity contribution >= 4 is 51.1 Å². The summed E-state index contributed by atoms with van der Waals surface area (Å²) in [6.45, 7) is 20.9. The van der Waals surface area contributed by atoms with Crippen LogP contribution in [0.1, 0.15) is 90.2 Å². The van der Waals surface area contributed by atoms with Crippen molar-refractivity contribution in [3.63, 3.8) is 0 Å². The summed E-state index contributed by atoms with van der Waals surface area (Å²) >= 11 is 0.898. The van der Waals surface area contributed by atoms with Gasteiger partial charge in [-0.15, -0.1) is 4.33 Å². The van der Waals surface area contributed by atoms with Gasteiger partial charge >= 0.3 is 5.97 Å². The van der Waals surface area contributed by atoms with Crippen LogP contribution < -0.4 is 10.2 Å². The molecule has 88 heavy (non-hydrogen) atoms. The Morgan fingerprint density at radius 1 is 0.591 bits per heavy atom. The Morgan fingerprint density at radius 2 is 1.09 bits per heavy atom. The average Bonchev–Trinajstić information content (AvgIpc) is 1.67. The minimum atomic E-state index is -4.44. The van der Waals surface area contributed by atoms with Crippen LogP contribution in [0.4, 0.5) is 11.4 Å². The van der Waals surface area contributed by atoms with Gasteiger partial charge in [0.1, 0.15) is 6.54 Å². The molecule has 2 heterocycles. The number of rotatable bonds is 55. The molecule has 0 radical (unpaired) electrons. The minimum absolute atomic E-state index is 0.0540. The van der Waals surface area contributed by atoms with E-state index in [1.54, 1.807) is 19.2 Å². The van der Waals surface area contributed by atoms with Crippen molar-refractivity contribution < 1.29 is 104 Å². The van der Waals surface area contributed by atoms with Crippen molar-refractivity contribution in [1.82, 2.24) is 5.32 Å². The predicted octanol–water partition coefficient (Wildman–Crippen LogP) is 7.68. The lowest BCUT2D eigenvalue weighted by atomic mass is 9.81. The zero-order valence-corrected chi connectivity index (χ0v) is 53.9. The van der Waals surface area contributed by atoms with E-state index in [1.165, 1.54) is 6.07 Å². The van der Waals surface area contributed by atoms with E-state index in [1.807, 2.05) is 56.4 Å². The van der Waals surface area contributed by atoms with Gasteiger partial charge in [0.15, 0.2) is 5.71 Å². The summed E-state index contributed by atoms with van der Waals surface area (Å²) in [7, 11) is -2.80. The van der Waals surface area contributed by atoms with Gasteiger partial charge in [-0.25, -0.2) is 5.26 Å². The Balaban J connectivity index is 1.03. The molecule has 0 saturated heterocycles. The topological polar surface area (TPSA) is 276 Å². The van der Waals surface area contributed by atoms with Crippen LogP contribution in [-0.2, 0) is 96.8 Å². The van der Waals surface area contributed by atoms with Crippen LogP contribution in [-0.4, -0.2) is 224 Å². The van der Waals surface area contributed by atoms with Crippen molar-refractivity contribution in [3.8, 4) is 0 Å². The maximum absolute atomic E-state index is 12.7. The number of aliphatic carboxylic acids is 1. The van der Waals surface area contributed by atoms with E-state index in [0.29, 0.717) is 191 Å². The molecule has 24 nitrogen and oxygen atoms in total. The van der Waals surface area contributed by atoms with Crippen LogP contribution in [0.25, 0.3) is 0 Å². The minimum Gasteiger partial charge on any atom is -0.481 e. The molecule has 0 spiro atoms. The number of carboxylic acid groups (broad SMARTS) is 1. The fraction of sp³-hybridized carbons (Fsp3) is 0.661. The molecule has 26 heteroatoms. The molecule has 0 fully saturated rings. The lowest BCUT2D eigenvalue weighted by Crippen LogP contribution is -2.28. The molecule has 2 aliphatic heterocycles. The fourth-order valence-corrected chi connectivity index (χ4v) is 10.6. The smallest absolute Gasteiger partial charge is 0.303 e. The lowest BCUT2D eigenvalue weighted by molar-refractivity contribution is -0.438. The first-order valence-electron chi connectivity index (χ1n) is 30.3. The predicted molar refractivity (Wildman–Crippen MR) is 331 cm³/mol. The summed E-state index contributed by atoms with van der Waals surface area (Å²) in [6, 6.07) is 10.6. The number of methoxy groups -OCH3 is 1. The monoisotopic (exact) mass is 1280 g/mol. The van der Waals surface area contributed by atoms with Crippen LogP contribution in [0.5, 0.6) is 0 Å². The van der Waals surface area contributed by atoms with Gasteiger partial charge in [-0.05, 0) is 81.5 Å². The molecule has 0 atom stereocenters. The van der Waals surface area contributed by atoms with Crippen molar-refractivity contribution in [2.75, 3.05) is 184 Å². The van der Waals surface area contributed by atoms with Gasteiger partial charge in [0.05, 0.1) is 174 Å². The van der Waals surface area contributed by atoms with E-state index in [-0.39, 0.29) is 17.2 Å². The molecular formula is C62H98N3O21S2+. The molecule has 2 aromatic carbocycles. The van der Waals surface area contributed by atoms with Crippen molar-refractivity contribution in [1.29, 1.82) is 0 Å². The summed E-state index contributed by atoms with van der Waals surface area (Å²) in [4.78, 5) is 26.6. The molecule has 0 aliphatic carbocycles. The molecule has 1 amide bonds. The van der Waals surface area contributed by atoms with Crippen LogP contribution in [0.2, 0.25) is 0 Å². The van der Waals surface area contributed by atoms with Crippen molar-refractivity contribution in [3.05, 3.63) is 83.6 Å². The second-order valence-corrected chi connectivity index (χ2v) is 23.6. The quantitative estimate of drug-likeness (QED) is 0.00940. The fourth-order valence-electron chi connectivity index (χ4n) is 9.66. The largest absolute Gasteiger partial charge is 0.481 e. The summed E-state index contributed by atoms with van der Waals surface area (Å²) in [5.41, 5.74) is 4.68. The lowest BCUT2D eigenvalue weighted by Gasteiger charge is -2.27. The summed E-state index contributed by atoms with van der Waals surface area (Å²) in [5.74, 6) is -0.860. The standard InChI is InChI=1S/C62H97N3O21S2/c1-61(2)53-49-51(87-86-85-69)19-21-55(53)64(25-14-8-12-18-60(67)68)57(61)15-9-6-10-16-58-62(3,4)54-50-52(88(70,71)72)20-22-56(54)65(58)24-13-7-11-17-59(66)63-23-26-74-29-30-76-33-34-78-37-38-80-41-42-82-45-46-84-48-47-83-44-43-81-40-39-79-36-35-77-32-31-75-28-27-73-5/h6,9-10,15-16,19-22,49-50H,7-8,11-14,17-18,23-48H2,1-5H3,(H3-,63,66,67,68,69,70,71,72)/p+1. The summed E-state index contributed by atoms with van der Waals surface area (Å²) in [5, 5.41) is 24.6. The first-order valence-corrected chi connectivity index (χ1v) is 32.5. The van der Waals surface area contributed by atoms with Gasteiger partial charge in [0, 0.05) is 78.9 Å². The number of unbranched alkanes of at least 4 members (excludes halogenated alkanes) is 4. The SMILES string of the molecule is COCCOCCOCCOCCOCCOCCOCCOCCOCCOCCOCCOCCNC(=O)CCCCCN1C(=CC=CC=CC2=[N+](CCCCCC(=O)O)c3ccc(SOOO)cc3C2(C)C)C(C)(C)c2cc(S(=O)(=O)O)ccc21. The number of carbonyl (C=O) groups is 2. The highest BCUT2D eigenvalue weighted by Crippen LogP contribution is 2.49. The van der Waals surface area contributed by atoms with Gasteiger partial charge < -0.3 is 72.2 Å². The molecule has 0 aromatic heterocycles. The molecule has 2 aromatic rings. The third kappa shape index (κ3) is 29.8. The van der Waals surface area contributed by atoms with E-state index < -0.39 is 26.9 Å². The Bertz CT molecular complexity index is 2530. The van der Waals surface area contributed by atoms with Gasteiger partial charge in [0.25, 0.3) is 10.1 Å². The molecule has 0 unspecified atom stereocenters. The Morgan fingerprint density at radius 3 is 1.59 bits per heavy atom. The Kier molecular flexibility index (Phi) is 39.0. The number of nitrogens with one attached hydrogen (secondary N) is 1. The number of benzene rings is 2. The van der Waals surface area contributed by atoms with Gasteiger partial charge in [-0.2, -0.15) is 13.0 Å². The van der Waals surface area contributed by atoms with Crippen molar-refractivity contribution in [2.45, 2.75) is 99.7 Å². The van der Waals surface area contributed by atoms with Gasteiger partial charge in [0.2, 0.25) is 11.6 Å². The van der Waals surface area contributed by atoms with E-state index in [2.05, 4.69) is 39.8 Å². The van der Waals surface area contributed by atoms with E-state index in [0.717, 1.165) is 76.5 Å². The number of amides is 1. The number of nitrogens with zero attached hydrogens (tertiary/aromatic N) is 2. The number of anilines is 1. The van der Waals surface area contributed by atoms with Crippen molar-refractivity contribution in [2.24, 2.45) is 0 Å². The first-order chi connectivity index (χ1) is 42.6.